The van der Waals surface area contributed by atoms with Gasteiger partial charge in [0.1, 0.15) is 0 Å². The zero-order valence-electron chi connectivity index (χ0n) is 25.5. The largest absolute Gasteiger partial charge is 0.261 e. The highest BCUT2D eigenvalue weighted by Gasteiger charge is 2.17. The molecule has 0 bridgehead atoms. The summed E-state index contributed by atoms with van der Waals surface area (Å²) in [6.45, 7) is 0. The number of anilines is 3. The molecule has 0 saturated heterocycles. The summed E-state index contributed by atoms with van der Waals surface area (Å²) in [7, 11) is 0. The lowest BCUT2D eigenvalue weighted by Crippen LogP contribution is -2.19. The molecule has 6 aromatic carbocycles. The van der Waals surface area contributed by atoms with Crippen LogP contribution in [0.15, 0.2) is 146 Å². The molecule has 0 unspecified atom stereocenters. The van der Waals surface area contributed by atoms with E-state index in [9.17, 15) is 0 Å². The van der Waals surface area contributed by atoms with Crippen LogP contribution in [0.3, 0.4) is 0 Å². The van der Waals surface area contributed by atoms with E-state index in [4.69, 9.17) is 15.0 Å². The number of para-hydroxylation sites is 6. The molecular weight excluding hydrogens is 594 g/mol. The number of nitrogens with one attached hydrogen (secondary N) is 3. The molecule has 0 atom stereocenters. The Hall–Kier alpha value is -6.87. The van der Waals surface area contributed by atoms with Crippen molar-refractivity contribution in [1.82, 2.24) is 29.0 Å². The zero-order chi connectivity index (χ0) is 31.6. The first-order valence-corrected chi connectivity index (χ1v) is 15.8. The normalized spacial score (nSPS) is 11.8. The van der Waals surface area contributed by atoms with Gasteiger partial charge in [0.15, 0.2) is 0 Å². The van der Waals surface area contributed by atoms with Gasteiger partial charge in [-0.1, -0.05) is 109 Å². The molecule has 3 N–H and O–H groups in total. The average Bonchev–Trinajstić information content (AvgIpc) is 3.75. The number of rotatable bonds is 6. The number of benzene rings is 6. The van der Waals surface area contributed by atoms with E-state index in [0.29, 0.717) is 17.8 Å². The lowest BCUT2D eigenvalue weighted by Gasteiger charge is -2.15. The van der Waals surface area contributed by atoms with Crippen LogP contribution in [0.25, 0.3) is 65.4 Å². The summed E-state index contributed by atoms with van der Waals surface area (Å²) in [5.74, 6) is 1.13. The fourth-order valence-electron chi connectivity index (χ4n) is 6.95. The summed E-state index contributed by atoms with van der Waals surface area (Å²) in [6, 6.07) is 50.0. The van der Waals surface area contributed by atoms with Gasteiger partial charge in [-0.3, -0.25) is 30.3 Å². The van der Waals surface area contributed by atoms with Crippen LogP contribution in [0.1, 0.15) is 0 Å². The van der Waals surface area contributed by atoms with Gasteiger partial charge in [-0.2, -0.15) is 15.0 Å². The molecule has 0 fully saturated rings. The van der Waals surface area contributed by atoms with Crippen LogP contribution < -0.4 is 16.3 Å². The molecule has 228 valence electrons. The zero-order valence-corrected chi connectivity index (χ0v) is 25.5. The fraction of sp³-hybridized carbons (Fsp3) is 0. The van der Waals surface area contributed by atoms with Gasteiger partial charge in [0.05, 0.1) is 33.1 Å². The molecule has 4 heterocycles. The van der Waals surface area contributed by atoms with Gasteiger partial charge in [-0.05, 0) is 36.4 Å². The highest BCUT2D eigenvalue weighted by Crippen LogP contribution is 2.32. The van der Waals surface area contributed by atoms with Crippen molar-refractivity contribution < 1.29 is 0 Å². The molecule has 9 nitrogen and oxygen atoms in total. The van der Waals surface area contributed by atoms with E-state index >= 15 is 0 Å². The molecular formula is C39H27N9. The molecule has 0 amide bonds. The monoisotopic (exact) mass is 621 g/mol. The van der Waals surface area contributed by atoms with Crippen LogP contribution in [0.2, 0.25) is 0 Å². The summed E-state index contributed by atoms with van der Waals surface area (Å²) in [5.41, 5.74) is 16.7. The smallest absolute Gasteiger partial charge is 0.248 e. The van der Waals surface area contributed by atoms with Crippen LogP contribution in [-0.2, 0) is 0 Å². The van der Waals surface area contributed by atoms with Crippen molar-refractivity contribution >= 4 is 83.3 Å². The quantitative estimate of drug-likeness (QED) is 0.172. The highest BCUT2D eigenvalue weighted by molar-refractivity contribution is 6.10. The standard InChI is InChI=1S/C39H27N9/c1-7-19-31-25(13-1)26-14-2-8-20-32(26)46(31)43-37-40-38(44-47-33-21-9-3-15-27(33)28-16-4-10-22-34(28)47)42-39(41-37)45-48-35-23-11-5-17-29(35)30-18-6-12-24-36(30)48/h1-24H,(H3,40,41,42,43,44,45). The average molecular weight is 622 g/mol. The Morgan fingerprint density at radius 2 is 0.458 bits per heavy atom. The minimum absolute atomic E-state index is 0.378. The van der Waals surface area contributed by atoms with Gasteiger partial charge >= 0.3 is 0 Å². The second-order valence-electron chi connectivity index (χ2n) is 11.8. The number of fused-ring (bicyclic) bond motifs is 9. The third-order valence-corrected chi connectivity index (χ3v) is 9.01. The summed E-state index contributed by atoms with van der Waals surface area (Å²) < 4.78 is 6.11. The maximum atomic E-state index is 4.93. The molecule has 9 heteroatoms. The Balaban J connectivity index is 1.16. The molecule has 48 heavy (non-hydrogen) atoms. The third-order valence-electron chi connectivity index (χ3n) is 9.01. The maximum Gasteiger partial charge on any atom is 0.248 e. The molecule has 10 aromatic rings. The van der Waals surface area contributed by atoms with E-state index in [-0.39, 0.29) is 0 Å². The molecule has 0 aliphatic rings. The van der Waals surface area contributed by atoms with Crippen molar-refractivity contribution in [2.24, 2.45) is 0 Å². The van der Waals surface area contributed by atoms with Crippen molar-refractivity contribution in [3.05, 3.63) is 146 Å². The second-order valence-corrected chi connectivity index (χ2v) is 11.8. The minimum Gasteiger partial charge on any atom is -0.261 e. The van der Waals surface area contributed by atoms with E-state index < -0.39 is 0 Å². The lowest BCUT2D eigenvalue weighted by molar-refractivity contribution is 0.908. The van der Waals surface area contributed by atoms with Gasteiger partial charge in [0.2, 0.25) is 17.8 Å². The van der Waals surface area contributed by atoms with Crippen molar-refractivity contribution in [2.45, 2.75) is 0 Å². The van der Waals surface area contributed by atoms with Gasteiger partial charge in [-0.25, -0.2) is 0 Å². The van der Waals surface area contributed by atoms with Crippen LogP contribution in [0, 0.1) is 0 Å². The van der Waals surface area contributed by atoms with E-state index in [1.807, 2.05) is 50.4 Å². The highest BCUT2D eigenvalue weighted by atomic mass is 15.5. The fourth-order valence-corrected chi connectivity index (χ4v) is 6.95. The molecule has 0 saturated carbocycles. The van der Waals surface area contributed by atoms with Crippen molar-refractivity contribution in [2.75, 3.05) is 16.3 Å². The van der Waals surface area contributed by atoms with Gasteiger partial charge < -0.3 is 0 Å². The Bertz CT molecular complexity index is 2360. The number of nitrogens with zero attached hydrogens (tertiary/aromatic N) is 6. The summed E-state index contributed by atoms with van der Waals surface area (Å²) >= 11 is 0. The van der Waals surface area contributed by atoms with Crippen LogP contribution >= 0.6 is 0 Å². The SMILES string of the molecule is c1ccc2c(c1)c1ccccc1n2Nc1nc(Nn2c3ccccc3c3ccccc32)nc(Nn2c3ccccc3c3ccccc32)n1. The second kappa shape index (κ2) is 10.3. The molecule has 0 spiro atoms. The Morgan fingerprint density at radius 1 is 0.271 bits per heavy atom. The van der Waals surface area contributed by atoms with Gasteiger partial charge in [-0.15, -0.1) is 0 Å². The van der Waals surface area contributed by atoms with Crippen molar-refractivity contribution in [1.29, 1.82) is 0 Å². The number of hydrogen-bond acceptors (Lipinski definition) is 6. The Labute approximate surface area is 273 Å². The van der Waals surface area contributed by atoms with Gasteiger partial charge in [0.25, 0.3) is 0 Å². The number of aromatic nitrogens is 6. The van der Waals surface area contributed by atoms with Crippen molar-refractivity contribution in [3.63, 3.8) is 0 Å². The predicted molar refractivity (Wildman–Crippen MR) is 195 cm³/mol. The predicted octanol–water partition coefficient (Wildman–Crippen LogP) is 8.82. The summed E-state index contributed by atoms with van der Waals surface area (Å²) in [6.07, 6.45) is 0. The van der Waals surface area contributed by atoms with Crippen LogP contribution in [-0.4, -0.2) is 29.0 Å². The van der Waals surface area contributed by atoms with E-state index in [1.54, 1.807) is 0 Å². The third kappa shape index (κ3) is 4.01. The van der Waals surface area contributed by atoms with E-state index in [1.165, 1.54) is 0 Å². The molecule has 4 aromatic heterocycles. The topological polar surface area (TPSA) is 89.5 Å². The first-order valence-electron chi connectivity index (χ1n) is 15.8. The molecule has 0 radical (unpaired) electrons. The minimum atomic E-state index is 0.378. The van der Waals surface area contributed by atoms with Crippen LogP contribution in [0.4, 0.5) is 17.8 Å². The summed E-state index contributed by atoms with van der Waals surface area (Å²) in [5, 5.41) is 6.84. The number of hydrogen-bond donors (Lipinski definition) is 3. The first kappa shape index (κ1) is 26.4. The molecule has 10 rings (SSSR count). The Morgan fingerprint density at radius 3 is 0.667 bits per heavy atom. The van der Waals surface area contributed by atoms with Crippen LogP contribution in [0.5, 0.6) is 0 Å². The lowest BCUT2D eigenvalue weighted by atomic mass is 10.2. The van der Waals surface area contributed by atoms with Crippen molar-refractivity contribution in [3.8, 4) is 0 Å². The van der Waals surface area contributed by atoms with Gasteiger partial charge in [0, 0.05) is 32.3 Å². The van der Waals surface area contributed by atoms with E-state index in [0.717, 1.165) is 65.4 Å². The van der Waals surface area contributed by atoms with E-state index in [2.05, 4.69) is 125 Å². The molecule has 0 aliphatic heterocycles. The molecule has 0 aliphatic carbocycles. The summed E-state index contributed by atoms with van der Waals surface area (Å²) in [4.78, 5) is 14.8. The maximum absolute atomic E-state index is 4.93. The Kier molecular flexibility index (Phi) is 5.67. The first-order chi connectivity index (χ1) is 23.8.